The Labute approximate surface area is 183 Å². The van der Waals surface area contributed by atoms with Crippen molar-refractivity contribution in [1.82, 2.24) is 4.90 Å². The minimum absolute atomic E-state index is 0.0496. The van der Waals surface area contributed by atoms with Gasteiger partial charge in [0.1, 0.15) is 5.82 Å². The van der Waals surface area contributed by atoms with Crippen LogP contribution < -0.4 is 0 Å². The van der Waals surface area contributed by atoms with Crippen LogP contribution in [0, 0.1) is 24.6 Å². The van der Waals surface area contributed by atoms with Gasteiger partial charge in [-0.15, -0.1) is 0 Å². The van der Waals surface area contributed by atoms with Crippen LogP contribution in [0.2, 0.25) is 0 Å². The van der Waals surface area contributed by atoms with Crippen molar-refractivity contribution in [2.24, 2.45) is 11.8 Å². The van der Waals surface area contributed by atoms with Gasteiger partial charge in [-0.3, -0.25) is 4.79 Å². The van der Waals surface area contributed by atoms with Crippen molar-refractivity contribution < 1.29 is 9.18 Å². The fourth-order valence-electron chi connectivity index (χ4n) is 5.36. The molecule has 3 unspecified atom stereocenters. The summed E-state index contributed by atoms with van der Waals surface area (Å²) >= 11 is 0. The van der Waals surface area contributed by atoms with E-state index in [-0.39, 0.29) is 35.5 Å². The Morgan fingerprint density at radius 2 is 1.68 bits per heavy atom. The fourth-order valence-corrected chi connectivity index (χ4v) is 5.36. The third-order valence-corrected chi connectivity index (χ3v) is 6.76. The maximum Gasteiger partial charge on any atom is 0.227 e. The van der Waals surface area contributed by atoms with E-state index in [9.17, 15) is 4.79 Å². The minimum atomic E-state index is -0.305. The molecule has 1 aliphatic carbocycles. The van der Waals surface area contributed by atoms with Gasteiger partial charge >= 0.3 is 0 Å². The van der Waals surface area contributed by atoms with E-state index in [2.05, 4.69) is 24.3 Å². The molecule has 1 heterocycles. The molecule has 5 rings (SSSR count). The lowest BCUT2D eigenvalue weighted by molar-refractivity contribution is -0.133. The van der Waals surface area contributed by atoms with Crippen LogP contribution in [-0.2, 0) is 11.3 Å². The van der Waals surface area contributed by atoms with E-state index in [1.54, 1.807) is 6.07 Å². The van der Waals surface area contributed by atoms with Crippen molar-refractivity contribution in [2.45, 2.75) is 31.8 Å². The number of halogens is 1. The highest BCUT2D eigenvalue weighted by Crippen LogP contribution is 2.52. The molecule has 156 valence electrons. The quantitative estimate of drug-likeness (QED) is 0.469. The zero-order chi connectivity index (χ0) is 21.4. The number of carbonyl (C=O) groups excluding carboxylic acids is 1. The van der Waals surface area contributed by atoms with E-state index in [0.717, 1.165) is 17.5 Å². The van der Waals surface area contributed by atoms with Crippen LogP contribution in [0.5, 0.6) is 0 Å². The number of fused-ring (bicyclic) bond motifs is 1. The van der Waals surface area contributed by atoms with Gasteiger partial charge in [0.2, 0.25) is 5.91 Å². The Kier molecular flexibility index (Phi) is 5.19. The van der Waals surface area contributed by atoms with Crippen molar-refractivity contribution in [3.63, 3.8) is 0 Å². The van der Waals surface area contributed by atoms with Gasteiger partial charge in [-0.1, -0.05) is 90.5 Å². The first-order valence-corrected chi connectivity index (χ1v) is 11.0. The van der Waals surface area contributed by atoms with Gasteiger partial charge in [0.15, 0.2) is 0 Å². The molecule has 0 bridgehead atoms. The van der Waals surface area contributed by atoms with Crippen LogP contribution in [0.4, 0.5) is 4.39 Å². The molecule has 2 nitrogen and oxygen atoms in total. The van der Waals surface area contributed by atoms with Crippen molar-refractivity contribution in [1.29, 1.82) is 0 Å². The van der Waals surface area contributed by atoms with Gasteiger partial charge in [0.05, 0.1) is 12.0 Å². The molecule has 2 aliphatic rings. The monoisotopic (exact) mass is 411 g/mol. The number of benzene rings is 3. The molecule has 1 aliphatic heterocycles. The van der Waals surface area contributed by atoms with Crippen molar-refractivity contribution in [3.05, 3.63) is 119 Å². The third-order valence-electron chi connectivity index (χ3n) is 6.76. The Bertz CT molecular complexity index is 1110. The van der Waals surface area contributed by atoms with Crippen LogP contribution in [0.15, 0.2) is 91.0 Å². The first kappa shape index (κ1) is 19.7. The van der Waals surface area contributed by atoms with Crippen molar-refractivity contribution in [2.75, 3.05) is 0 Å². The van der Waals surface area contributed by atoms with E-state index in [4.69, 9.17) is 0 Å². The maximum absolute atomic E-state index is 15.1. The number of nitrogens with zero attached hydrogens (tertiary/aromatic N) is 1. The second-order valence-electron chi connectivity index (χ2n) is 8.71. The molecular weight excluding hydrogens is 385 g/mol. The second-order valence-corrected chi connectivity index (χ2v) is 8.71. The van der Waals surface area contributed by atoms with Gasteiger partial charge < -0.3 is 4.90 Å². The zero-order valence-electron chi connectivity index (χ0n) is 17.6. The molecule has 0 saturated carbocycles. The number of aryl methyl sites for hydroxylation is 1. The number of rotatable bonds is 4. The Morgan fingerprint density at radius 1 is 0.968 bits per heavy atom. The van der Waals surface area contributed by atoms with Crippen LogP contribution in [-0.4, -0.2) is 10.8 Å². The zero-order valence-corrected chi connectivity index (χ0v) is 17.6. The van der Waals surface area contributed by atoms with Crippen LogP contribution in [0.1, 0.15) is 40.6 Å². The SMILES string of the molecule is Cc1ccc(F)c([C@H]2C3C=CCC(c4ccccc4)C3C(=O)N2Cc2ccccc2)c1. The van der Waals surface area contributed by atoms with E-state index in [1.165, 1.54) is 11.6 Å². The van der Waals surface area contributed by atoms with E-state index < -0.39 is 0 Å². The average Bonchev–Trinajstić information content (AvgIpc) is 3.08. The smallest absolute Gasteiger partial charge is 0.227 e. The summed E-state index contributed by atoms with van der Waals surface area (Å²) in [5.74, 6) is -0.234. The summed E-state index contributed by atoms with van der Waals surface area (Å²) in [6.45, 7) is 2.46. The maximum atomic E-state index is 15.1. The van der Waals surface area contributed by atoms with Gasteiger partial charge in [0.25, 0.3) is 0 Å². The highest BCUT2D eigenvalue weighted by atomic mass is 19.1. The first-order valence-electron chi connectivity index (χ1n) is 11.0. The van der Waals surface area contributed by atoms with Gasteiger partial charge in [-0.25, -0.2) is 4.39 Å². The summed E-state index contributed by atoms with van der Waals surface area (Å²) in [4.78, 5) is 15.8. The number of hydrogen-bond acceptors (Lipinski definition) is 1. The second kappa shape index (κ2) is 8.14. The number of amides is 1. The Hall–Kier alpha value is -3.20. The summed E-state index contributed by atoms with van der Waals surface area (Å²) in [6.07, 6.45) is 5.16. The summed E-state index contributed by atoms with van der Waals surface area (Å²) in [6, 6.07) is 25.2. The normalized spacial score (nSPS) is 25.0. The van der Waals surface area contributed by atoms with Gasteiger partial charge in [-0.05, 0) is 36.5 Å². The average molecular weight is 412 g/mol. The minimum Gasteiger partial charge on any atom is -0.330 e. The first-order chi connectivity index (χ1) is 15.1. The van der Waals surface area contributed by atoms with Gasteiger partial charge in [0, 0.05) is 18.0 Å². The highest BCUT2D eigenvalue weighted by Gasteiger charge is 2.52. The van der Waals surface area contributed by atoms with E-state index in [0.29, 0.717) is 12.1 Å². The summed E-state index contributed by atoms with van der Waals surface area (Å²) in [7, 11) is 0. The fraction of sp³-hybridized carbons (Fsp3) is 0.250. The highest BCUT2D eigenvalue weighted by molar-refractivity contribution is 5.84. The predicted octanol–water partition coefficient (Wildman–Crippen LogP) is 6.19. The number of allylic oxidation sites excluding steroid dienone is 1. The molecule has 31 heavy (non-hydrogen) atoms. The molecule has 3 aromatic rings. The predicted molar refractivity (Wildman–Crippen MR) is 121 cm³/mol. The molecule has 0 N–H and O–H groups in total. The number of carbonyl (C=O) groups is 1. The molecule has 1 fully saturated rings. The van der Waals surface area contributed by atoms with Crippen LogP contribution in [0.3, 0.4) is 0 Å². The topological polar surface area (TPSA) is 20.3 Å². The molecule has 0 radical (unpaired) electrons. The molecule has 4 atom stereocenters. The Morgan fingerprint density at radius 3 is 2.42 bits per heavy atom. The number of hydrogen-bond donors (Lipinski definition) is 0. The molecule has 3 heteroatoms. The molecule has 0 aromatic heterocycles. The van der Waals surface area contributed by atoms with Crippen molar-refractivity contribution >= 4 is 5.91 Å². The summed E-state index contributed by atoms with van der Waals surface area (Å²) in [5, 5.41) is 0. The standard InChI is InChI=1S/C28H26FNO/c1-19-15-16-25(29)24(17-19)27-23-14-8-13-22(21-11-6-3-7-12-21)26(23)28(31)30(27)18-20-9-4-2-5-10-20/h2-12,14-17,22-23,26-27H,13,18H2,1H3/t22?,23?,26?,27-/m1/s1. The Balaban J connectivity index is 1.61. The summed E-state index contributed by atoms with van der Waals surface area (Å²) in [5.41, 5.74) is 3.87. The van der Waals surface area contributed by atoms with Crippen LogP contribution >= 0.6 is 0 Å². The largest absolute Gasteiger partial charge is 0.330 e. The third kappa shape index (κ3) is 3.59. The molecule has 1 saturated heterocycles. The summed E-state index contributed by atoms with van der Waals surface area (Å²) < 4.78 is 15.1. The lowest BCUT2D eigenvalue weighted by atomic mass is 9.71. The molecular formula is C28H26FNO. The van der Waals surface area contributed by atoms with Crippen molar-refractivity contribution in [3.8, 4) is 0 Å². The lowest BCUT2D eigenvalue weighted by Gasteiger charge is -2.31. The van der Waals surface area contributed by atoms with E-state index in [1.807, 2.05) is 66.4 Å². The molecule has 0 spiro atoms. The van der Waals surface area contributed by atoms with Crippen LogP contribution in [0.25, 0.3) is 0 Å². The molecule has 3 aromatic carbocycles. The molecule has 1 amide bonds. The number of likely N-dealkylation sites (tertiary alicyclic amines) is 1. The van der Waals surface area contributed by atoms with E-state index >= 15 is 4.39 Å². The van der Waals surface area contributed by atoms with Gasteiger partial charge in [-0.2, -0.15) is 0 Å². The lowest BCUT2D eigenvalue weighted by Crippen LogP contribution is -2.31.